The Morgan fingerprint density at radius 3 is 2.56 bits per heavy atom. The van der Waals surface area contributed by atoms with E-state index in [1.54, 1.807) is 18.3 Å². The number of H-pyrrole nitrogens is 1. The molecule has 4 rings (SSSR count). The van der Waals surface area contributed by atoms with Crippen LogP contribution in [0.4, 0.5) is 5.95 Å². The number of primary amides is 1. The molecule has 122 valence electrons. The van der Waals surface area contributed by atoms with E-state index in [0.29, 0.717) is 22.6 Å². The average molecular weight is 329 g/mol. The first kappa shape index (κ1) is 14.9. The van der Waals surface area contributed by atoms with Crippen LogP contribution in [0.1, 0.15) is 10.4 Å². The van der Waals surface area contributed by atoms with Gasteiger partial charge in [0, 0.05) is 6.20 Å². The lowest BCUT2D eigenvalue weighted by atomic mass is 10.0. The van der Waals surface area contributed by atoms with Crippen molar-refractivity contribution in [1.29, 1.82) is 0 Å². The van der Waals surface area contributed by atoms with Crippen molar-refractivity contribution >= 4 is 22.6 Å². The zero-order valence-electron chi connectivity index (χ0n) is 13.2. The SMILES string of the molecule is NC(=O)c1cc(-c2ccnc(N)n2)[nH]c1-c1ccc2ccccc2c1. The number of rotatable bonds is 3. The molecule has 0 atom stereocenters. The van der Waals surface area contributed by atoms with Crippen molar-refractivity contribution in [1.82, 2.24) is 15.0 Å². The van der Waals surface area contributed by atoms with E-state index in [1.165, 1.54) is 0 Å². The third-order valence-corrected chi connectivity index (χ3v) is 4.07. The summed E-state index contributed by atoms with van der Waals surface area (Å²) in [6.07, 6.45) is 1.57. The first-order valence-electron chi connectivity index (χ1n) is 7.73. The van der Waals surface area contributed by atoms with Gasteiger partial charge in [0.1, 0.15) is 0 Å². The highest BCUT2D eigenvalue weighted by molar-refractivity contribution is 6.01. The normalized spacial score (nSPS) is 10.9. The number of anilines is 1. The largest absolute Gasteiger partial charge is 0.368 e. The molecule has 0 aliphatic heterocycles. The van der Waals surface area contributed by atoms with E-state index in [-0.39, 0.29) is 5.95 Å². The second-order valence-electron chi connectivity index (χ2n) is 5.70. The summed E-state index contributed by atoms with van der Waals surface area (Å²) in [5.74, 6) is -0.340. The van der Waals surface area contributed by atoms with E-state index in [0.717, 1.165) is 16.3 Å². The fourth-order valence-corrected chi connectivity index (χ4v) is 2.88. The molecular formula is C19H15N5O. The highest BCUT2D eigenvalue weighted by Crippen LogP contribution is 2.30. The number of aromatic amines is 1. The van der Waals surface area contributed by atoms with E-state index < -0.39 is 5.91 Å². The maximum Gasteiger partial charge on any atom is 0.250 e. The van der Waals surface area contributed by atoms with Gasteiger partial charge in [-0.15, -0.1) is 0 Å². The van der Waals surface area contributed by atoms with E-state index in [4.69, 9.17) is 11.5 Å². The number of amides is 1. The molecule has 2 heterocycles. The molecule has 2 aromatic carbocycles. The Balaban J connectivity index is 1.89. The molecule has 0 radical (unpaired) electrons. The zero-order valence-corrected chi connectivity index (χ0v) is 13.2. The van der Waals surface area contributed by atoms with Gasteiger partial charge in [0.15, 0.2) is 0 Å². The molecule has 0 aliphatic rings. The minimum absolute atomic E-state index is 0.167. The van der Waals surface area contributed by atoms with Crippen LogP contribution in [0.25, 0.3) is 33.4 Å². The molecule has 2 aromatic heterocycles. The fourth-order valence-electron chi connectivity index (χ4n) is 2.88. The van der Waals surface area contributed by atoms with Crippen molar-refractivity contribution in [3.05, 3.63) is 66.4 Å². The van der Waals surface area contributed by atoms with E-state index >= 15 is 0 Å². The highest BCUT2D eigenvalue weighted by atomic mass is 16.1. The number of hydrogen-bond donors (Lipinski definition) is 3. The lowest BCUT2D eigenvalue weighted by Gasteiger charge is -2.04. The minimum atomic E-state index is -0.507. The van der Waals surface area contributed by atoms with Crippen molar-refractivity contribution in [3.63, 3.8) is 0 Å². The van der Waals surface area contributed by atoms with Crippen LogP contribution in [-0.4, -0.2) is 20.9 Å². The molecule has 6 nitrogen and oxygen atoms in total. The Kier molecular flexibility index (Phi) is 3.43. The number of nitrogen functional groups attached to an aromatic ring is 1. The van der Waals surface area contributed by atoms with E-state index in [9.17, 15) is 4.79 Å². The van der Waals surface area contributed by atoms with Crippen LogP contribution >= 0.6 is 0 Å². The summed E-state index contributed by atoms with van der Waals surface area (Å²) < 4.78 is 0. The molecule has 0 saturated heterocycles. The van der Waals surface area contributed by atoms with Gasteiger partial charge in [0.05, 0.1) is 22.6 Å². The number of nitrogens with zero attached hydrogens (tertiary/aromatic N) is 2. The summed E-state index contributed by atoms with van der Waals surface area (Å²) in [5.41, 5.74) is 14.4. The van der Waals surface area contributed by atoms with Gasteiger partial charge in [0.25, 0.3) is 5.91 Å². The monoisotopic (exact) mass is 329 g/mol. The number of hydrogen-bond acceptors (Lipinski definition) is 4. The summed E-state index contributed by atoms with van der Waals surface area (Å²) in [5, 5.41) is 2.21. The number of nitrogens with one attached hydrogen (secondary N) is 1. The van der Waals surface area contributed by atoms with E-state index in [1.807, 2.05) is 42.5 Å². The second kappa shape index (κ2) is 5.76. The van der Waals surface area contributed by atoms with Gasteiger partial charge in [-0.25, -0.2) is 9.97 Å². The summed E-state index contributed by atoms with van der Waals surface area (Å²) in [6.45, 7) is 0. The van der Waals surface area contributed by atoms with Crippen LogP contribution in [-0.2, 0) is 0 Å². The van der Waals surface area contributed by atoms with Gasteiger partial charge >= 0.3 is 0 Å². The topological polar surface area (TPSA) is 111 Å². The molecule has 0 saturated carbocycles. The van der Waals surface area contributed by atoms with Crippen LogP contribution in [0, 0.1) is 0 Å². The van der Waals surface area contributed by atoms with Crippen LogP contribution in [0.2, 0.25) is 0 Å². The van der Waals surface area contributed by atoms with E-state index in [2.05, 4.69) is 15.0 Å². The third kappa shape index (κ3) is 2.70. The number of benzene rings is 2. The molecule has 25 heavy (non-hydrogen) atoms. The molecule has 5 N–H and O–H groups in total. The zero-order chi connectivity index (χ0) is 17.4. The molecule has 0 fully saturated rings. The van der Waals surface area contributed by atoms with Crippen LogP contribution in [0.5, 0.6) is 0 Å². The van der Waals surface area contributed by atoms with Gasteiger partial charge in [-0.1, -0.05) is 36.4 Å². The van der Waals surface area contributed by atoms with Crippen molar-refractivity contribution < 1.29 is 4.79 Å². The number of nitrogens with two attached hydrogens (primary N) is 2. The standard InChI is InChI=1S/C19H15N5O/c20-18(25)14-10-16(15-7-8-22-19(21)24-15)23-17(14)13-6-5-11-3-1-2-4-12(11)9-13/h1-10,23H,(H2,20,25)(H2,21,22,24). The molecule has 0 aliphatic carbocycles. The highest BCUT2D eigenvalue weighted by Gasteiger charge is 2.16. The molecule has 1 amide bonds. The number of fused-ring (bicyclic) bond motifs is 1. The summed E-state index contributed by atoms with van der Waals surface area (Å²) in [6, 6.07) is 17.4. The number of aromatic nitrogens is 3. The molecule has 0 unspecified atom stereocenters. The molecule has 0 bridgehead atoms. The molecule has 6 heteroatoms. The maximum absolute atomic E-state index is 11.9. The summed E-state index contributed by atoms with van der Waals surface area (Å²) in [7, 11) is 0. The predicted molar refractivity (Wildman–Crippen MR) is 97.7 cm³/mol. The lowest BCUT2D eigenvalue weighted by Crippen LogP contribution is -2.11. The van der Waals surface area contributed by atoms with Gasteiger partial charge < -0.3 is 16.5 Å². The first-order chi connectivity index (χ1) is 12.1. The van der Waals surface area contributed by atoms with Crippen molar-refractivity contribution in [2.75, 3.05) is 5.73 Å². The van der Waals surface area contributed by atoms with Crippen molar-refractivity contribution in [2.45, 2.75) is 0 Å². The smallest absolute Gasteiger partial charge is 0.250 e. The van der Waals surface area contributed by atoms with Gasteiger partial charge in [-0.3, -0.25) is 4.79 Å². The number of carbonyl (C=O) groups is 1. The van der Waals surface area contributed by atoms with Crippen LogP contribution in [0.15, 0.2) is 60.8 Å². The Labute approximate surface area is 143 Å². The Morgan fingerprint density at radius 2 is 1.80 bits per heavy atom. The Hall–Kier alpha value is -3.67. The first-order valence-corrected chi connectivity index (χ1v) is 7.73. The maximum atomic E-state index is 11.9. The predicted octanol–water partition coefficient (Wildman–Crippen LogP) is 2.97. The van der Waals surface area contributed by atoms with Gasteiger partial charge in [0.2, 0.25) is 5.95 Å². The summed E-state index contributed by atoms with van der Waals surface area (Å²) in [4.78, 5) is 23.2. The second-order valence-corrected chi connectivity index (χ2v) is 5.70. The fraction of sp³-hybridized carbons (Fsp3) is 0. The lowest BCUT2D eigenvalue weighted by molar-refractivity contribution is 0.100. The Bertz CT molecular complexity index is 1100. The third-order valence-electron chi connectivity index (χ3n) is 4.07. The molecule has 0 spiro atoms. The number of carbonyl (C=O) groups excluding carboxylic acids is 1. The average Bonchev–Trinajstić information content (AvgIpc) is 3.07. The van der Waals surface area contributed by atoms with Gasteiger partial charge in [-0.05, 0) is 34.5 Å². The molecular weight excluding hydrogens is 314 g/mol. The molecule has 4 aromatic rings. The summed E-state index contributed by atoms with van der Waals surface area (Å²) >= 11 is 0. The Morgan fingerprint density at radius 1 is 1.00 bits per heavy atom. The van der Waals surface area contributed by atoms with Crippen LogP contribution < -0.4 is 11.5 Å². The minimum Gasteiger partial charge on any atom is -0.368 e. The van der Waals surface area contributed by atoms with Crippen molar-refractivity contribution in [2.24, 2.45) is 5.73 Å². The van der Waals surface area contributed by atoms with Crippen LogP contribution in [0.3, 0.4) is 0 Å². The van der Waals surface area contributed by atoms with Crippen molar-refractivity contribution in [3.8, 4) is 22.6 Å². The quantitative estimate of drug-likeness (QED) is 0.536. The van der Waals surface area contributed by atoms with Gasteiger partial charge in [-0.2, -0.15) is 0 Å².